The molecule has 39 heavy (non-hydrogen) atoms. The van der Waals surface area contributed by atoms with Crippen LogP contribution in [-0.2, 0) is 30.8 Å². The molecule has 0 aromatic heterocycles. The van der Waals surface area contributed by atoms with Crippen molar-refractivity contribution in [3.05, 3.63) is 84.4 Å². The summed E-state index contributed by atoms with van der Waals surface area (Å²) in [5, 5.41) is 2.89. The Bertz CT molecular complexity index is 1370. The number of sulfonamides is 1. The maximum absolute atomic E-state index is 13.2. The van der Waals surface area contributed by atoms with Crippen LogP contribution in [0.5, 0.6) is 11.5 Å². The van der Waals surface area contributed by atoms with E-state index >= 15 is 0 Å². The van der Waals surface area contributed by atoms with Gasteiger partial charge in [0.2, 0.25) is 10.0 Å². The summed E-state index contributed by atoms with van der Waals surface area (Å²) in [4.78, 5) is 27.6. The highest BCUT2D eigenvalue weighted by Crippen LogP contribution is 2.33. The third-order valence-electron chi connectivity index (χ3n) is 6.02. The first-order chi connectivity index (χ1) is 18.9. The van der Waals surface area contributed by atoms with Crippen LogP contribution in [0.25, 0.3) is 0 Å². The third kappa shape index (κ3) is 7.56. The number of hydrogen-bond donors (Lipinski definition) is 2. The van der Waals surface area contributed by atoms with E-state index in [1.165, 1.54) is 36.3 Å². The normalized spacial score (nSPS) is 14.7. The minimum atomic E-state index is -3.68. The van der Waals surface area contributed by atoms with E-state index in [1.54, 1.807) is 24.3 Å². The van der Waals surface area contributed by atoms with Crippen molar-refractivity contribution in [2.75, 3.05) is 44.9 Å². The van der Waals surface area contributed by atoms with Gasteiger partial charge in [-0.15, -0.1) is 0 Å². The zero-order valence-electron chi connectivity index (χ0n) is 21.5. The Labute approximate surface area is 227 Å². The lowest BCUT2D eigenvalue weighted by Crippen LogP contribution is -2.52. The molecule has 11 heteroatoms. The van der Waals surface area contributed by atoms with E-state index in [0.717, 1.165) is 5.56 Å². The predicted octanol–water partition coefficient (Wildman–Crippen LogP) is 2.14. The number of hydrogen-bond acceptors (Lipinski definition) is 7. The molecule has 2 amide bonds. The van der Waals surface area contributed by atoms with Gasteiger partial charge in [-0.1, -0.05) is 42.5 Å². The summed E-state index contributed by atoms with van der Waals surface area (Å²) in [7, 11) is -2.20. The molecule has 206 valence electrons. The van der Waals surface area contributed by atoms with Gasteiger partial charge in [0, 0.05) is 20.2 Å². The minimum absolute atomic E-state index is 0.0285. The molecule has 0 saturated heterocycles. The Morgan fingerprint density at radius 2 is 1.69 bits per heavy atom. The smallest absolute Gasteiger partial charge is 0.265 e. The lowest BCUT2D eigenvalue weighted by molar-refractivity contribution is -0.128. The second-order valence-electron chi connectivity index (χ2n) is 8.76. The van der Waals surface area contributed by atoms with Crippen LogP contribution >= 0.6 is 0 Å². The van der Waals surface area contributed by atoms with Crippen molar-refractivity contribution in [2.45, 2.75) is 17.4 Å². The number of carbonyl (C=O) groups excluding carboxylic acids is 2. The van der Waals surface area contributed by atoms with Crippen molar-refractivity contribution in [1.29, 1.82) is 0 Å². The quantitative estimate of drug-likeness (QED) is 0.330. The van der Waals surface area contributed by atoms with Gasteiger partial charge in [0.05, 0.1) is 23.7 Å². The highest BCUT2D eigenvalue weighted by atomic mass is 32.2. The van der Waals surface area contributed by atoms with Crippen molar-refractivity contribution < 1.29 is 32.2 Å². The van der Waals surface area contributed by atoms with Gasteiger partial charge >= 0.3 is 0 Å². The average Bonchev–Trinajstić information content (AvgIpc) is 2.96. The Morgan fingerprint density at radius 3 is 2.44 bits per heavy atom. The SMILES string of the molecule is COCCNS(=O)(=O)c1ccc(OCC(=O)N2C[C@@H](C(=O)NCCc3ccccc3)Oc3ccccc32)cc1. The number of para-hydroxylation sites is 2. The molecule has 0 aliphatic carbocycles. The number of nitrogens with one attached hydrogen (secondary N) is 2. The zero-order valence-corrected chi connectivity index (χ0v) is 22.4. The Morgan fingerprint density at radius 1 is 0.974 bits per heavy atom. The van der Waals surface area contributed by atoms with E-state index in [2.05, 4.69) is 10.0 Å². The molecule has 0 fully saturated rings. The molecule has 1 aliphatic heterocycles. The number of anilines is 1. The molecule has 3 aromatic rings. The fourth-order valence-corrected chi connectivity index (χ4v) is 5.01. The lowest BCUT2D eigenvalue weighted by Gasteiger charge is -2.34. The molecule has 3 aromatic carbocycles. The molecule has 0 spiro atoms. The molecule has 1 aliphatic rings. The fraction of sp³-hybridized carbons (Fsp3) is 0.286. The molecule has 0 radical (unpaired) electrons. The summed E-state index contributed by atoms with van der Waals surface area (Å²) < 4.78 is 43.5. The van der Waals surface area contributed by atoms with Crippen LogP contribution in [0.3, 0.4) is 0 Å². The van der Waals surface area contributed by atoms with Crippen molar-refractivity contribution in [2.24, 2.45) is 0 Å². The monoisotopic (exact) mass is 553 g/mol. The van der Waals surface area contributed by atoms with Crippen LogP contribution in [-0.4, -0.2) is 66.3 Å². The Balaban J connectivity index is 1.36. The van der Waals surface area contributed by atoms with Gasteiger partial charge in [-0.2, -0.15) is 0 Å². The van der Waals surface area contributed by atoms with E-state index < -0.39 is 16.1 Å². The molecule has 4 rings (SSSR count). The standard InChI is InChI=1S/C28H31N3O7S/c1-36-18-17-30-39(34,35)23-13-11-22(12-14-23)37-20-27(32)31-19-26(38-25-10-6-5-9-24(25)31)28(33)29-16-15-21-7-3-2-4-8-21/h2-14,26,30H,15-20H2,1H3,(H,29,33)/t26-/m0/s1. The van der Waals surface area contributed by atoms with Crippen LogP contribution in [0, 0.1) is 0 Å². The maximum atomic E-state index is 13.2. The zero-order chi connectivity index (χ0) is 27.7. The number of methoxy groups -OCH3 is 1. The van der Waals surface area contributed by atoms with Gasteiger partial charge < -0.3 is 24.4 Å². The van der Waals surface area contributed by atoms with Gasteiger partial charge in [-0.25, -0.2) is 13.1 Å². The third-order valence-corrected chi connectivity index (χ3v) is 7.49. The van der Waals surface area contributed by atoms with Gasteiger partial charge in [0.25, 0.3) is 11.8 Å². The maximum Gasteiger partial charge on any atom is 0.265 e. The molecule has 0 bridgehead atoms. The Kier molecular flexibility index (Phi) is 9.53. The van der Waals surface area contributed by atoms with Gasteiger partial charge in [-0.05, 0) is 48.4 Å². The van der Waals surface area contributed by atoms with E-state index in [1.807, 2.05) is 30.3 Å². The molecule has 0 unspecified atom stereocenters. The van der Waals surface area contributed by atoms with Crippen LogP contribution in [0.15, 0.2) is 83.8 Å². The molecular formula is C28H31N3O7S. The van der Waals surface area contributed by atoms with Gasteiger partial charge in [-0.3, -0.25) is 9.59 Å². The van der Waals surface area contributed by atoms with Gasteiger partial charge in [0.1, 0.15) is 11.5 Å². The predicted molar refractivity (Wildman–Crippen MR) is 145 cm³/mol. The van der Waals surface area contributed by atoms with Crippen LogP contribution in [0.1, 0.15) is 5.56 Å². The fourth-order valence-electron chi connectivity index (χ4n) is 4.00. The van der Waals surface area contributed by atoms with Crippen molar-refractivity contribution in [1.82, 2.24) is 10.0 Å². The van der Waals surface area contributed by atoms with Gasteiger partial charge in [0.15, 0.2) is 12.7 Å². The van der Waals surface area contributed by atoms with Crippen molar-refractivity contribution in [3.63, 3.8) is 0 Å². The number of carbonyl (C=O) groups is 2. The first-order valence-electron chi connectivity index (χ1n) is 12.5. The summed E-state index contributed by atoms with van der Waals surface area (Å²) in [6, 6.07) is 22.6. The van der Waals surface area contributed by atoms with Crippen LogP contribution in [0.4, 0.5) is 5.69 Å². The second-order valence-corrected chi connectivity index (χ2v) is 10.5. The lowest BCUT2D eigenvalue weighted by atomic mass is 10.1. The van der Waals surface area contributed by atoms with E-state index in [-0.39, 0.29) is 43.0 Å². The Hall–Kier alpha value is -3.93. The average molecular weight is 554 g/mol. The number of benzene rings is 3. The van der Waals surface area contributed by atoms with Crippen LogP contribution in [0.2, 0.25) is 0 Å². The molecule has 1 atom stereocenters. The first-order valence-corrected chi connectivity index (χ1v) is 13.9. The number of rotatable bonds is 12. The molecule has 1 heterocycles. The first kappa shape index (κ1) is 28.1. The number of nitrogens with zero attached hydrogens (tertiary/aromatic N) is 1. The number of ether oxygens (including phenoxy) is 3. The summed E-state index contributed by atoms with van der Waals surface area (Å²) in [6.07, 6.45) is -0.204. The molecule has 10 nitrogen and oxygen atoms in total. The van der Waals surface area contributed by atoms with Crippen molar-refractivity contribution >= 4 is 27.5 Å². The summed E-state index contributed by atoms with van der Waals surface area (Å²) in [5.41, 5.74) is 1.65. The molecule has 2 N–H and O–H groups in total. The molecular weight excluding hydrogens is 522 g/mol. The van der Waals surface area contributed by atoms with E-state index in [0.29, 0.717) is 30.2 Å². The van der Waals surface area contributed by atoms with Crippen molar-refractivity contribution in [3.8, 4) is 11.5 Å². The second kappa shape index (κ2) is 13.2. The largest absolute Gasteiger partial charge is 0.484 e. The number of amides is 2. The van der Waals surface area contributed by atoms with E-state index in [9.17, 15) is 18.0 Å². The topological polar surface area (TPSA) is 123 Å². The summed E-state index contributed by atoms with van der Waals surface area (Å²) >= 11 is 0. The number of fused-ring (bicyclic) bond motifs is 1. The minimum Gasteiger partial charge on any atom is -0.484 e. The molecule has 0 saturated carbocycles. The summed E-state index contributed by atoms with van der Waals surface area (Å²) in [6.45, 7) is 0.562. The van der Waals surface area contributed by atoms with E-state index in [4.69, 9.17) is 14.2 Å². The highest BCUT2D eigenvalue weighted by molar-refractivity contribution is 7.89. The highest BCUT2D eigenvalue weighted by Gasteiger charge is 2.33. The van der Waals surface area contributed by atoms with Crippen LogP contribution < -0.4 is 24.4 Å². The summed E-state index contributed by atoms with van der Waals surface area (Å²) in [5.74, 6) is 0.0765.